The molecule has 1 saturated heterocycles. The third-order valence-electron chi connectivity index (χ3n) is 3.09. The van der Waals surface area contributed by atoms with E-state index in [1.807, 2.05) is 4.90 Å². The van der Waals surface area contributed by atoms with E-state index in [1.54, 1.807) is 0 Å². The van der Waals surface area contributed by atoms with Crippen LogP contribution in [0.3, 0.4) is 0 Å². The lowest BCUT2D eigenvalue weighted by atomic mass is 10.1. The zero-order chi connectivity index (χ0) is 10.8. The van der Waals surface area contributed by atoms with Gasteiger partial charge in [-0.15, -0.1) is 0 Å². The normalized spacial score (nSPS) is 27.5. The Hall–Kier alpha value is -1.06. The van der Waals surface area contributed by atoms with E-state index >= 15 is 0 Å². The van der Waals surface area contributed by atoms with Gasteiger partial charge in [0.2, 0.25) is 11.8 Å². The van der Waals surface area contributed by atoms with E-state index in [0.717, 1.165) is 25.8 Å². The Morgan fingerprint density at radius 3 is 2.73 bits per heavy atom. The average molecular weight is 210 g/mol. The van der Waals surface area contributed by atoms with Gasteiger partial charge in [-0.1, -0.05) is 6.92 Å². The molecule has 1 heterocycles. The molecule has 1 N–H and O–H groups in total. The quantitative estimate of drug-likeness (QED) is 0.738. The fourth-order valence-corrected chi connectivity index (χ4v) is 2.09. The SMILES string of the molecule is CCCN1CCC(=O)NC(C2CC2)C1=O. The maximum absolute atomic E-state index is 12.1. The second-order valence-corrected chi connectivity index (χ2v) is 4.46. The standard InChI is InChI=1S/C11H18N2O2/c1-2-6-13-7-5-9(14)12-10(11(13)15)8-3-4-8/h8,10H,2-7H2,1H3,(H,12,14). The van der Waals surface area contributed by atoms with Crippen LogP contribution in [0.1, 0.15) is 32.6 Å². The van der Waals surface area contributed by atoms with Crippen molar-refractivity contribution in [2.24, 2.45) is 5.92 Å². The Morgan fingerprint density at radius 2 is 2.13 bits per heavy atom. The van der Waals surface area contributed by atoms with Gasteiger partial charge in [-0.3, -0.25) is 9.59 Å². The first-order valence-corrected chi connectivity index (χ1v) is 5.80. The van der Waals surface area contributed by atoms with Crippen molar-refractivity contribution in [3.05, 3.63) is 0 Å². The Morgan fingerprint density at radius 1 is 1.40 bits per heavy atom. The fraction of sp³-hybridized carbons (Fsp3) is 0.818. The van der Waals surface area contributed by atoms with Gasteiger partial charge in [0.15, 0.2) is 0 Å². The zero-order valence-electron chi connectivity index (χ0n) is 9.16. The van der Waals surface area contributed by atoms with Gasteiger partial charge >= 0.3 is 0 Å². The topological polar surface area (TPSA) is 49.4 Å². The summed E-state index contributed by atoms with van der Waals surface area (Å²) in [5, 5.41) is 2.85. The van der Waals surface area contributed by atoms with Crippen LogP contribution in [-0.2, 0) is 9.59 Å². The second-order valence-electron chi connectivity index (χ2n) is 4.46. The Balaban J connectivity index is 2.07. The number of carbonyl (C=O) groups excluding carboxylic acids is 2. The Kier molecular flexibility index (Phi) is 2.93. The van der Waals surface area contributed by atoms with Crippen LogP contribution in [0.2, 0.25) is 0 Å². The van der Waals surface area contributed by atoms with Crippen molar-refractivity contribution in [1.82, 2.24) is 10.2 Å². The third-order valence-corrected chi connectivity index (χ3v) is 3.09. The minimum absolute atomic E-state index is 0.0267. The molecule has 4 nitrogen and oxygen atoms in total. The molecule has 1 saturated carbocycles. The Labute approximate surface area is 90.0 Å². The molecule has 0 bridgehead atoms. The summed E-state index contributed by atoms with van der Waals surface area (Å²) >= 11 is 0. The molecule has 2 rings (SSSR count). The summed E-state index contributed by atoms with van der Waals surface area (Å²) in [5.41, 5.74) is 0. The lowest BCUT2D eigenvalue weighted by molar-refractivity contribution is -0.134. The number of nitrogens with zero attached hydrogens (tertiary/aromatic N) is 1. The van der Waals surface area contributed by atoms with Crippen LogP contribution in [0.15, 0.2) is 0 Å². The number of nitrogens with one attached hydrogen (secondary N) is 1. The molecule has 84 valence electrons. The van der Waals surface area contributed by atoms with Gasteiger partial charge in [-0.2, -0.15) is 0 Å². The summed E-state index contributed by atoms with van der Waals surface area (Å²) in [6, 6.07) is -0.230. The van der Waals surface area contributed by atoms with E-state index in [0.29, 0.717) is 18.9 Å². The molecule has 0 spiro atoms. The molecule has 0 radical (unpaired) electrons. The summed E-state index contributed by atoms with van der Waals surface area (Å²) in [4.78, 5) is 25.3. The van der Waals surface area contributed by atoms with E-state index in [-0.39, 0.29) is 17.9 Å². The number of hydrogen-bond donors (Lipinski definition) is 1. The molecule has 2 amide bonds. The van der Waals surface area contributed by atoms with Crippen molar-refractivity contribution >= 4 is 11.8 Å². The van der Waals surface area contributed by atoms with Gasteiger partial charge in [-0.25, -0.2) is 0 Å². The van der Waals surface area contributed by atoms with E-state index in [1.165, 1.54) is 0 Å². The van der Waals surface area contributed by atoms with E-state index in [4.69, 9.17) is 0 Å². The van der Waals surface area contributed by atoms with Gasteiger partial charge in [-0.05, 0) is 25.2 Å². The largest absolute Gasteiger partial charge is 0.344 e. The first-order chi connectivity index (χ1) is 7.22. The minimum atomic E-state index is -0.230. The first kappa shape index (κ1) is 10.5. The van der Waals surface area contributed by atoms with Gasteiger partial charge in [0.1, 0.15) is 6.04 Å². The van der Waals surface area contributed by atoms with Crippen molar-refractivity contribution in [2.45, 2.75) is 38.6 Å². The summed E-state index contributed by atoms with van der Waals surface area (Å²) in [7, 11) is 0. The lowest BCUT2D eigenvalue weighted by Crippen LogP contribution is -2.46. The highest BCUT2D eigenvalue weighted by Crippen LogP contribution is 2.34. The van der Waals surface area contributed by atoms with Crippen LogP contribution in [0.4, 0.5) is 0 Å². The number of rotatable bonds is 3. The molecule has 2 fully saturated rings. The van der Waals surface area contributed by atoms with Gasteiger partial charge in [0.25, 0.3) is 0 Å². The number of carbonyl (C=O) groups is 2. The maximum atomic E-state index is 12.1. The van der Waals surface area contributed by atoms with Crippen molar-refractivity contribution in [1.29, 1.82) is 0 Å². The van der Waals surface area contributed by atoms with Crippen molar-refractivity contribution in [2.75, 3.05) is 13.1 Å². The summed E-state index contributed by atoms with van der Waals surface area (Å²) in [6.45, 7) is 3.41. The van der Waals surface area contributed by atoms with Crippen LogP contribution in [-0.4, -0.2) is 35.8 Å². The van der Waals surface area contributed by atoms with Gasteiger partial charge < -0.3 is 10.2 Å². The molecule has 1 atom stereocenters. The molecule has 0 aromatic heterocycles. The molecule has 4 heteroatoms. The molecule has 15 heavy (non-hydrogen) atoms. The van der Waals surface area contributed by atoms with Crippen LogP contribution in [0.25, 0.3) is 0 Å². The maximum Gasteiger partial charge on any atom is 0.245 e. The van der Waals surface area contributed by atoms with Crippen LogP contribution >= 0.6 is 0 Å². The van der Waals surface area contributed by atoms with E-state index in [9.17, 15) is 9.59 Å². The van der Waals surface area contributed by atoms with Crippen molar-refractivity contribution in [3.8, 4) is 0 Å². The molecule has 1 aliphatic carbocycles. The molecular weight excluding hydrogens is 192 g/mol. The molecule has 2 aliphatic rings. The zero-order valence-corrected chi connectivity index (χ0v) is 9.16. The fourth-order valence-electron chi connectivity index (χ4n) is 2.09. The van der Waals surface area contributed by atoms with Crippen LogP contribution in [0, 0.1) is 5.92 Å². The van der Waals surface area contributed by atoms with E-state index in [2.05, 4.69) is 12.2 Å². The predicted octanol–water partition coefficient (Wildman–Crippen LogP) is 0.523. The smallest absolute Gasteiger partial charge is 0.245 e. The second kappa shape index (κ2) is 4.21. The molecule has 0 aromatic carbocycles. The van der Waals surface area contributed by atoms with Crippen molar-refractivity contribution in [3.63, 3.8) is 0 Å². The van der Waals surface area contributed by atoms with Crippen LogP contribution in [0.5, 0.6) is 0 Å². The highest BCUT2D eigenvalue weighted by molar-refractivity contribution is 5.90. The predicted molar refractivity (Wildman–Crippen MR) is 56.1 cm³/mol. The third kappa shape index (κ3) is 2.30. The van der Waals surface area contributed by atoms with Crippen molar-refractivity contribution < 1.29 is 9.59 Å². The molecule has 0 aromatic rings. The summed E-state index contributed by atoms with van der Waals surface area (Å²) in [5.74, 6) is 0.558. The van der Waals surface area contributed by atoms with Gasteiger partial charge in [0.05, 0.1) is 0 Å². The molecule has 1 unspecified atom stereocenters. The highest BCUT2D eigenvalue weighted by atomic mass is 16.2. The van der Waals surface area contributed by atoms with Gasteiger partial charge in [0, 0.05) is 19.5 Å². The summed E-state index contributed by atoms with van der Waals surface area (Å²) < 4.78 is 0. The highest BCUT2D eigenvalue weighted by Gasteiger charge is 2.40. The lowest BCUT2D eigenvalue weighted by Gasteiger charge is -2.23. The summed E-state index contributed by atoms with van der Waals surface area (Å²) in [6.07, 6.45) is 3.57. The Bertz CT molecular complexity index is 274. The number of hydrogen-bond acceptors (Lipinski definition) is 2. The minimum Gasteiger partial charge on any atom is -0.344 e. The van der Waals surface area contributed by atoms with E-state index < -0.39 is 0 Å². The first-order valence-electron chi connectivity index (χ1n) is 5.80. The molecule has 1 aliphatic heterocycles. The monoisotopic (exact) mass is 210 g/mol. The molecular formula is C11H18N2O2. The van der Waals surface area contributed by atoms with Crippen LogP contribution < -0.4 is 5.32 Å². The number of amides is 2. The average Bonchev–Trinajstić information content (AvgIpc) is 3.02.